The molecule has 5 nitrogen and oxygen atoms in total. The zero-order valence-corrected chi connectivity index (χ0v) is 11.3. The molecule has 0 aliphatic heterocycles. The third-order valence-corrected chi connectivity index (χ3v) is 2.76. The highest BCUT2D eigenvalue weighted by Crippen LogP contribution is 2.08. The molecule has 5 heteroatoms. The Morgan fingerprint density at radius 3 is 2.42 bits per heavy atom. The number of carbonyl (C=O) groups is 2. The molecule has 1 rings (SSSR count). The van der Waals surface area contributed by atoms with E-state index >= 15 is 0 Å². The third kappa shape index (κ3) is 5.42. The zero-order chi connectivity index (χ0) is 14.3. The highest BCUT2D eigenvalue weighted by atomic mass is 16.4. The van der Waals surface area contributed by atoms with E-state index in [0.29, 0.717) is 12.1 Å². The molecule has 1 aromatic carbocycles. The Hall–Kier alpha value is -2.04. The van der Waals surface area contributed by atoms with E-state index in [1.165, 1.54) is 0 Å². The lowest BCUT2D eigenvalue weighted by molar-refractivity contribution is -0.139. The highest BCUT2D eigenvalue weighted by Gasteiger charge is 2.18. The second-order valence-corrected chi connectivity index (χ2v) is 4.50. The van der Waals surface area contributed by atoms with Crippen molar-refractivity contribution in [3.05, 3.63) is 29.8 Å². The molecule has 0 saturated heterocycles. The molecule has 2 amide bonds. The number of aryl methyl sites for hydroxylation is 1. The maximum absolute atomic E-state index is 11.7. The van der Waals surface area contributed by atoms with E-state index in [2.05, 4.69) is 10.6 Å². The van der Waals surface area contributed by atoms with Crippen LogP contribution < -0.4 is 10.6 Å². The van der Waals surface area contributed by atoms with Crippen molar-refractivity contribution in [3.8, 4) is 0 Å². The van der Waals surface area contributed by atoms with E-state index in [0.717, 1.165) is 18.4 Å². The Bertz CT molecular complexity index is 429. The molecule has 0 aromatic heterocycles. The van der Waals surface area contributed by atoms with Crippen LogP contribution in [0.2, 0.25) is 0 Å². The number of aliphatic carboxylic acids is 1. The van der Waals surface area contributed by atoms with Crippen LogP contribution in [0.5, 0.6) is 0 Å². The van der Waals surface area contributed by atoms with Gasteiger partial charge in [0.2, 0.25) is 0 Å². The van der Waals surface area contributed by atoms with E-state index in [9.17, 15) is 9.59 Å². The lowest BCUT2D eigenvalue weighted by Crippen LogP contribution is -2.42. The summed E-state index contributed by atoms with van der Waals surface area (Å²) in [4.78, 5) is 22.7. The van der Waals surface area contributed by atoms with Gasteiger partial charge in [-0.1, -0.05) is 37.5 Å². The van der Waals surface area contributed by atoms with Crippen molar-refractivity contribution in [2.45, 2.75) is 39.2 Å². The molecular formula is C14H20N2O3. The molecule has 3 N–H and O–H groups in total. The van der Waals surface area contributed by atoms with Crippen LogP contribution in [0.15, 0.2) is 24.3 Å². The van der Waals surface area contributed by atoms with Crippen LogP contribution in [0.4, 0.5) is 10.5 Å². The van der Waals surface area contributed by atoms with Crippen molar-refractivity contribution in [2.75, 3.05) is 5.32 Å². The first-order valence-electron chi connectivity index (χ1n) is 6.40. The summed E-state index contributed by atoms with van der Waals surface area (Å²) >= 11 is 0. The first kappa shape index (κ1) is 15.0. The molecular weight excluding hydrogens is 244 g/mol. The van der Waals surface area contributed by atoms with E-state index in [1.54, 1.807) is 12.1 Å². The van der Waals surface area contributed by atoms with Crippen molar-refractivity contribution in [2.24, 2.45) is 0 Å². The van der Waals surface area contributed by atoms with Gasteiger partial charge in [-0.25, -0.2) is 9.59 Å². The van der Waals surface area contributed by atoms with Gasteiger partial charge in [-0.15, -0.1) is 0 Å². The van der Waals surface area contributed by atoms with Crippen LogP contribution >= 0.6 is 0 Å². The second-order valence-electron chi connectivity index (χ2n) is 4.50. The van der Waals surface area contributed by atoms with E-state index < -0.39 is 18.0 Å². The maximum Gasteiger partial charge on any atom is 0.326 e. The van der Waals surface area contributed by atoms with E-state index in [4.69, 9.17) is 5.11 Å². The number of rotatable bonds is 6. The Morgan fingerprint density at radius 2 is 1.89 bits per heavy atom. The summed E-state index contributed by atoms with van der Waals surface area (Å²) in [5.74, 6) is -1.01. The summed E-state index contributed by atoms with van der Waals surface area (Å²) in [6.45, 7) is 3.93. The van der Waals surface area contributed by atoms with Gasteiger partial charge in [0.05, 0.1) is 0 Å². The predicted octanol–water partition coefficient (Wildman–Crippen LogP) is 2.76. The fraction of sp³-hybridized carbons (Fsp3) is 0.429. The molecule has 0 saturated carbocycles. The summed E-state index contributed by atoms with van der Waals surface area (Å²) in [6.07, 6.45) is 2.10. The topological polar surface area (TPSA) is 78.4 Å². The standard InChI is InChI=1S/C14H20N2O3/c1-3-4-5-12(13(17)18)16-14(19)15-11-8-6-10(2)7-9-11/h6-9,12H,3-5H2,1-2H3,(H,17,18)(H2,15,16,19). The van der Waals surface area contributed by atoms with Gasteiger partial charge < -0.3 is 15.7 Å². The van der Waals surface area contributed by atoms with Gasteiger partial charge in [-0.2, -0.15) is 0 Å². The Kier molecular flexibility index (Phi) is 5.85. The number of carbonyl (C=O) groups excluding carboxylic acids is 1. The Balaban J connectivity index is 2.52. The molecule has 0 aliphatic rings. The molecule has 0 fully saturated rings. The van der Waals surface area contributed by atoms with Crippen LogP contribution in [0.25, 0.3) is 0 Å². The smallest absolute Gasteiger partial charge is 0.326 e. The molecule has 1 aromatic rings. The Morgan fingerprint density at radius 1 is 1.26 bits per heavy atom. The first-order valence-corrected chi connectivity index (χ1v) is 6.40. The van der Waals surface area contributed by atoms with Crippen molar-refractivity contribution < 1.29 is 14.7 Å². The van der Waals surface area contributed by atoms with Crippen molar-refractivity contribution in [3.63, 3.8) is 0 Å². The van der Waals surface area contributed by atoms with Crippen LogP contribution in [0.1, 0.15) is 31.7 Å². The molecule has 1 unspecified atom stereocenters. The zero-order valence-electron chi connectivity index (χ0n) is 11.3. The van der Waals surface area contributed by atoms with Crippen molar-refractivity contribution >= 4 is 17.7 Å². The molecule has 19 heavy (non-hydrogen) atoms. The minimum absolute atomic E-state index is 0.438. The fourth-order valence-electron chi connectivity index (χ4n) is 1.63. The molecule has 0 spiro atoms. The minimum atomic E-state index is -1.01. The van der Waals surface area contributed by atoms with Gasteiger partial charge >= 0.3 is 12.0 Å². The summed E-state index contributed by atoms with van der Waals surface area (Å²) in [7, 11) is 0. The number of benzene rings is 1. The maximum atomic E-state index is 11.7. The van der Waals surface area contributed by atoms with E-state index in [1.807, 2.05) is 26.0 Å². The largest absolute Gasteiger partial charge is 0.480 e. The number of amides is 2. The number of nitrogens with one attached hydrogen (secondary N) is 2. The third-order valence-electron chi connectivity index (χ3n) is 2.76. The van der Waals surface area contributed by atoms with Gasteiger partial charge in [0.1, 0.15) is 6.04 Å². The number of hydrogen-bond acceptors (Lipinski definition) is 2. The molecule has 0 bridgehead atoms. The highest BCUT2D eigenvalue weighted by molar-refractivity contribution is 5.92. The predicted molar refractivity (Wildman–Crippen MR) is 74.3 cm³/mol. The summed E-state index contributed by atoms with van der Waals surface area (Å²) < 4.78 is 0. The van der Waals surface area contributed by atoms with E-state index in [-0.39, 0.29) is 0 Å². The summed E-state index contributed by atoms with van der Waals surface area (Å²) in [5.41, 5.74) is 1.74. The van der Waals surface area contributed by atoms with Crippen LogP contribution in [0.3, 0.4) is 0 Å². The quantitative estimate of drug-likeness (QED) is 0.739. The van der Waals surface area contributed by atoms with Crippen molar-refractivity contribution in [1.29, 1.82) is 0 Å². The SMILES string of the molecule is CCCCC(NC(=O)Nc1ccc(C)cc1)C(=O)O. The summed E-state index contributed by atoms with van der Waals surface area (Å²) in [5, 5.41) is 14.1. The van der Waals surface area contributed by atoms with Gasteiger partial charge in [-0.3, -0.25) is 0 Å². The lowest BCUT2D eigenvalue weighted by atomic mass is 10.1. The molecule has 0 aliphatic carbocycles. The number of urea groups is 1. The number of carboxylic acids is 1. The monoisotopic (exact) mass is 264 g/mol. The van der Waals surface area contributed by atoms with Crippen LogP contribution in [0, 0.1) is 6.92 Å². The van der Waals surface area contributed by atoms with Crippen molar-refractivity contribution in [1.82, 2.24) is 5.32 Å². The average Bonchev–Trinajstić information content (AvgIpc) is 2.37. The number of anilines is 1. The van der Waals surface area contributed by atoms with Crippen LogP contribution in [-0.4, -0.2) is 23.1 Å². The Labute approximate surface area is 113 Å². The lowest BCUT2D eigenvalue weighted by Gasteiger charge is -2.14. The molecule has 0 radical (unpaired) electrons. The van der Waals surface area contributed by atoms with Gasteiger partial charge in [0, 0.05) is 5.69 Å². The first-order chi connectivity index (χ1) is 9.02. The number of unbranched alkanes of at least 4 members (excludes halogenated alkanes) is 1. The minimum Gasteiger partial charge on any atom is -0.480 e. The van der Waals surface area contributed by atoms with Gasteiger partial charge in [-0.05, 0) is 25.5 Å². The number of carboxylic acid groups (broad SMARTS) is 1. The average molecular weight is 264 g/mol. The molecule has 1 atom stereocenters. The summed E-state index contributed by atoms with van der Waals surface area (Å²) in [6, 6.07) is 5.97. The number of hydrogen-bond donors (Lipinski definition) is 3. The van der Waals surface area contributed by atoms with Crippen LogP contribution in [-0.2, 0) is 4.79 Å². The fourth-order valence-corrected chi connectivity index (χ4v) is 1.63. The molecule has 104 valence electrons. The van der Waals surface area contributed by atoms with Gasteiger partial charge in [0.15, 0.2) is 0 Å². The van der Waals surface area contributed by atoms with Gasteiger partial charge in [0.25, 0.3) is 0 Å². The second kappa shape index (κ2) is 7.41. The normalized spacial score (nSPS) is 11.7. The molecule has 0 heterocycles.